The number of carbonyl (C=O) groups is 1. The molecule has 0 fully saturated rings. The fraction of sp³-hybridized carbons (Fsp3) is 0.188. The van der Waals surface area contributed by atoms with Crippen LogP contribution in [0.1, 0.15) is 17.8 Å². The molecule has 0 bridgehead atoms. The highest BCUT2D eigenvalue weighted by atomic mass is 79.9. The number of hydrogen-bond donors (Lipinski definition) is 1. The summed E-state index contributed by atoms with van der Waals surface area (Å²) < 4.78 is 16.2. The molecule has 23 heavy (non-hydrogen) atoms. The van der Waals surface area contributed by atoms with Gasteiger partial charge in [0.25, 0.3) is 0 Å². The van der Waals surface area contributed by atoms with Crippen LogP contribution < -0.4 is 5.32 Å². The molecule has 1 aromatic carbocycles. The Kier molecular flexibility index (Phi) is 4.66. The zero-order chi connectivity index (χ0) is 16.2. The van der Waals surface area contributed by atoms with Crippen LogP contribution in [0.15, 0.2) is 47.1 Å². The van der Waals surface area contributed by atoms with Crippen molar-refractivity contribution in [1.29, 1.82) is 0 Å². The van der Waals surface area contributed by atoms with E-state index in [4.69, 9.17) is 0 Å². The maximum Gasteiger partial charge on any atom is 0.220 e. The Bertz CT molecular complexity index is 849. The van der Waals surface area contributed by atoms with E-state index < -0.39 is 0 Å². The normalized spacial score (nSPS) is 10.9. The first kappa shape index (κ1) is 15.6. The van der Waals surface area contributed by atoms with Crippen LogP contribution in [0, 0.1) is 5.82 Å². The van der Waals surface area contributed by atoms with Crippen LogP contribution in [0.25, 0.3) is 5.65 Å². The molecule has 1 amide bonds. The molecule has 0 saturated heterocycles. The smallest absolute Gasteiger partial charge is 0.220 e. The summed E-state index contributed by atoms with van der Waals surface area (Å²) in [5, 5.41) is 10.8. The minimum absolute atomic E-state index is 0.153. The molecule has 0 aliphatic rings. The van der Waals surface area contributed by atoms with Gasteiger partial charge < -0.3 is 5.32 Å². The van der Waals surface area contributed by atoms with Crippen molar-refractivity contribution in [2.75, 3.05) is 0 Å². The summed E-state index contributed by atoms with van der Waals surface area (Å²) in [4.78, 5) is 11.9. The Morgan fingerprint density at radius 2 is 2.13 bits per heavy atom. The van der Waals surface area contributed by atoms with Gasteiger partial charge in [0.05, 0.1) is 6.54 Å². The van der Waals surface area contributed by atoms with Crippen molar-refractivity contribution >= 4 is 27.5 Å². The summed E-state index contributed by atoms with van der Waals surface area (Å²) in [7, 11) is 0. The first-order chi connectivity index (χ1) is 11.1. The Hall–Kier alpha value is -2.28. The van der Waals surface area contributed by atoms with Gasteiger partial charge in [-0.2, -0.15) is 0 Å². The van der Waals surface area contributed by atoms with E-state index >= 15 is 0 Å². The van der Waals surface area contributed by atoms with Gasteiger partial charge in [-0.15, -0.1) is 10.2 Å². The largest absolute Gasteiger partial charge is 0.349 e. The van der Waals surface area contributed by atoms with Gasteiger partial charge in [-0.3, -0.25) is 9.20 Å². The van der Waals surface area contributed by atoms with Gasteiger partial charge in [-0.25, -0.2) is 4.39 Å². The number of nitrogens with zero attached hydrogens (tertiary/aromatic N) is 3. The fourth-order valence-corrected chi connectivity index (χ4v) is 2.58. The number of aromatic nitrogens is 3. The number of benzene rings is 1. The molecule has 1 N–H and O–H groups in total. The van der Waals surface area contributed by atoms with Gasteiger partial charge in [0.1, 0.15) is 5.82 Å². The van der Waals surface area contributed by atoms with Crippen molar-refractivity contribution in [2.45, 2.75) is 19.4 Å². The van der Waals surface area contributed by atoms with Crippen molar-refractivity contribution in [3.8, 4) is 0 Å². The van der Waals surface area contributed by atoms with Gasteiger partial charge in [0.15, 0.2) is 11.5 Å². The second kappa shape index (κ2) is 6.87. The summed E-state index contributed by atoms with van der Waals surface area (Å²) >= 11 is 3.21. The predicted molar refractivity (Wildman–Crippen MR) is 87.3 cm³/mol. The molecule has 3 rings (SSSR count). The first-order valence-electron chi connectivity index (χ1n) is 7.13. The highest BCUT2D eigenvalue weighted by molar-refractivity contribution is 9.10. The van der Waals surface area contributed by atoms with E-state index in [0.717, 1.165) is 5.65 Å². The zero-order valence-corrected chi connectivity index (χ0v) is 13.8. The number of hydrogen-bond acceptors (Lipinski definition) is 3. The van der Waals surface area contributed by atoms with Gasteiger partial charge >= 0.3 is 0 Å². The third-order valence-corrected chi connectivity index (χ3v) is 3.96. The van der Waals surface area contributed by atoms with Crippen molar-refractivity contribution in [2.24, 2.45) is 0 Å². The number of rotatable bonds is 5. The molecule has 0 atom stereocenters. The molecule has 0 spiro atoms. The zero-order valence-electron chi connectivity index (χ0n) is 12.2. The lowest BCUT2D eigenvalue weighted by Gasteiger charge is -2.05. The number of nitrogens with one attached hydrogen (secondary N) is 1. The van der Waals surface area contributed by atoms with Crippen LogP contribution in [-0.2, 0) is 17.8 Å². The number of carbonyl (C=O) groups excluding carboxylic acids is 1. The molecule has 0 unspecified atom stereocenters. The molecule has 0 aliphatic heterocycles. The topological polar surface area (TPSA) is 59.3 Å². The molecule has 0 saturated carbocycles. The summed E-state index contributed by atoms with van der Waals surface area (Å²) in [6.45, 7) is 0.285. The molecule has 7 heteroatoms. The highest BCUT2D eigenvalue weighted by Crippen LogP contribution is 2.16. The molecule has 118 valence electrons. The van der Waals surface area contributed by atoms with Gasteiger partial charge in [-0.1, -0.05) is 28.1 Å². The van der Waals surface area contributed by atoms with Crippen molar-refractivity contribution in [3.63, 3.8) is 0 Å². The summed E-state index contributed by atoms with van der Waals surface area (Å²) in [6.07, 6.45) is 2.41. The van der Waals surface area contributed by atoms with Crippen LogP contribution in [0.3, 0.4) is 0 Å². The van der Waals surface area contributed by atoms with Crippen LogP contribution in [0.4, 0.5) is 4.39 Å². The molecule has 2 aromatic heterocycles. The molecular formula is C16H14BrFN4O. The lowest BCUT2D eigenvalue weighted by Crippen LogP contribution is -2.24. The maximum absolute atomic E-state index is 13.7. The average Bonchev–Trinajstić information content (AvgIpc) is 2.95. The molecule has 2 heterocycles. The van der Waals surface area contributed by atoms with Gasteiger partial charge in [0.2, 0.25) is 5.91 Å². The fourth-order valence-electron chi connectivity index (χ4n) is 2.25. The van der Waals surface area contributed by atoms with E-state index in [0.29, 0.717) is 22.3 Å². The standard InChI is InChI=1S/C16H14BrFN4O/c17-12-6-4-11(13(18)9-12)5-7-16(23)19-10-15-21-20-14-3-1-2-8-22(14)15/h1-4,6,8-9H,5,7,10H2,(H,19,23). The molecule has 5 nitrogen and oxygen atoms in total. The van der Waals surface area contributed by atoms with E-state index in [9.17, 15) is 9.18 Å². The number of aryl methyl sites for hydroxylation is 1. The minimum atomic E-state index is -0.310. The summed E-state index contributed by atoms with van der Waals surface area (Å²) in [5.74, 6) is 0.194. The van der Waals surface area contributed by atoms with Crippen LogP contribution >= 0.6 is 15.9 Å². The van der Waals surface area contributed by atoms with E-state index in [-0.39, 0.29) is 24.7 Å². The van der Waals surface area contributed by atoms with Crippen molar-refractivity contribution in [1.82, 2.24) is 19.9 Å². The second-order valence-electron chi connectivity index (χ2n) is 5.06. The minimum Gasteiger partial charge on any atom is -0.349 e. The number of halogens is 2. The molecule has 0 radical (unpaired) electrons. The van der Waals surface area contributed by atoms with E-state index in [2.05, 4.69) is 31.4 Å². The number of fused-ring (bicyclic) bond motifs is 1. The van der Waals surface area contributed by atoms with Crippen molar-refractivity contribution in [3.05, 3.63) is 64.3 Å². The Balaban J connectivity index is 1.55. The third kappa shape index (κ3) is 3.73. The molecular weight excluding hydrogens is 363 g/mol. The quantitative estimate of drug-likeness (QED) is 0.744. The first-order valence-corrected chi connectivity index (χ1v) is 7.92. The average molecular weight is 377 g/mol. The maximum atomic E-state index is 13.7. The number of amides is 1. The highest BCUT2D eigenvalue weighted by Gasteiger charge is 2.09. The second-order valence-corrected chi connectivity index (χ2v) is 5.97. The Morgan fingerprint density at radius 3 is 2.96 bits per heavy atom. The van der Waals surface area contributed by atoms with Crippen LogP contribution in [0.5, 0.6) is 0 Å². The van der Waals surface area contributed by atoms with Gasteiger partial charge in [-0.05, 0) is 36.2 Å². The Morgan fingerprint density at radius 1 is 1.26 bits per heavy atom. The lowest BCUT2D eigenvalue weighted by molar-refractivity contribution is -0.121. The monoisotopic (exact) mass is 376 g/mol. The van der Waals surface area contributed by atoms with E-state index in [1.165, 1.54) is 6.07 Å². The van der Waals surface area contributed by atoms with E-state index in [1.807, 2.05) is 28.8 Å². The van der Waals surface area contributed by atoms with Crippen LogP contribution in [-0.4, -0.2) is 20.5 Å². The lowest BCUT2D eigenvalue weighted by atomic mass is 10.1. The molecule has 0 aliphatic carbocycles. The van der Waals surface area contributed by atoms with Crippen molar-refractivity contribution < 1.29 is 9.18 Å². The number of pyridine rings is 1. The third-order valence-electron chi connectivity index (χ3n) is 3.46. The van der Waals surface area contributed by atoms with Gasteiger partial charge in [0, 0.05) is 17.1 Å². The van der Waals surface area contributed by atoms with E-state index in [1.54, 1.807) is 12.1 Å². The van der Waals surface area contributed by atoms with Crippen LogP contribution in [0.2, 0.25) is 0 Å². The predicted octanol–water partition coefficient (Wildman–Crippen LogP) is 2.88. The summed E-state index contributed by atoms with van der Waals surface area (Å²) in [5.41, 5.74) is 1.25. The SMILES string of the molecule is O=C(CCc1ccc(Br)cc1F)NCc1nnc2ccccn12. The summed E-state index contributed by atoms with van der Waals surface area (Å²) in [6, 6.07) is 10.4. The Labute approximate surface area is 140 Å². The molecule has 3 aromatic rings.